The molecule has 8 heteroatoms. The van der Waals surface area contributed by atoms with Crippen LogP contribution in [0.2, 0.25) is 0 Å². The summed E-state index contributed by atoms with van der Waals surface area (Å²) in [6.45, 7) is 1.45. The molecule has 0 aromatic heterocycles. The topological polar surface area (TPSA) is 85.3 Å². The molecule has 1 amide bonds. The minimum absolute atomic E-state index is 0.0503. The quantitative estimate of drug-likeness (QED) is 0.330. The van der Waals surface area contributed by atoms with Gasteiger partial charge in [-0.2, -0.15) is 0 Å². The van der Waals surface area contributed by atoms with Crippen LogP contribution in [0.25, 0.3) is 5.76 Å². The number of ketones is 1. The van der Waals surface area contributed by atoms with E-state index in [-0.39, 0.29) is 17.9 Å². The molecule has 2 aliphatic heterocycles. The first-order chi connectivity index (χ1) is 15.0. The molecule has 2 aromatic carbocycles. The van der Waals surface area contributed by atoms with E-state index in [2.05, 4.69) is 0 Å². The number of fused-ring (bicyclic) bond motifs is 1. The summed E-state index contributed by atoms with van der Waals surface area (Å²) in [6, 6.07) is 9.51. The van der Waals surface area contributed by atoms with Crippen molar-refractivity contribution < 1.29 is 33.3 Å². The monoisotopic (exact) mass is 427 g/mol. The van der Waals surface area contributed by atoms with Gasteiger partial charge in [-0.25, -0.2) is 4.39 Å². The van der Waals surface area contributed by atoms with E-state index < -0.39 is 23.5 Å². The molecule has 4 rings (SSSR count). The van der Waals surface area contributed by atoms with E-state index in [9.17, 15) is 19.1 Å². The second kappa shape index (κ2) is 8.77. The molecule has 1 saturated heterocycles. The molecule has 1 atom stereocenters. The van der Waals surface area contributed by atoms with Crippen LogP contribution in [0, 0.1) is 5.82 Å². The van der Waals surface area contributed by atoms with Crippen molar-refractivity contribution in [3.05, 3.63) is 65.0 Å². The van der Waals surface area contributed by atoms with Crippen LogP contribution in [0.4, 0.5) is 4.39 Å². The first kappa shape index (κ1) is 20.9. The maximum Gasteiger partial charge on any atom is 0.295 e. The number of hydrogen-bond acceptors (Lipinski definition) is 6. The molecule has 0 radical (unpaired) electrons. The number of halogens is 1. The van der Waals surface area contributed by atoms with Crippen molar-refractivity contribution in [2.24, 2.45) is 0 Å². The normalized spacial score (nSPS) is 19.7. The van der Waals surface area contributed by atoms with Gasteiger partial charge in [0.05, 0.1) is 11.6 Å². The van der Waals surface area contributed by atoms with Gasteiger partial charge in [-0.05, 0) is 42.3 Å². The molecular formula is C23H22FNO6. The number of aliphatic hydroxyl groups excluding tert-OH is 1. The molecular weight excluding hydrogens is 405 g/mol. The number of benzene rings is 2. The van der Waals surface area contributed by atoms with Crippen LogP contribution in [0.15, 0.2) is 48.0 Å². The van der Waals surface area contributed by atoms with Crippen LogP contribution in [0.1, 0.15) is 23.6 Å². The summed E-state index contributed by atoms with van der Waals surface area (Å²) >= 11 is 0. The molecule has 2 heterocycles. The van der Waals surface area contributed by atoms with Gasteiger partial charge >= 0.3 is 0 Å². The lowest BCUT2D eigenvalue weighted by Gasteiger charge is -2.25. The number of ether oxygens (including phenoxy) is 3. The number of nitrogens with zero attached hydrogens (tertiary/aromatic N) is 1. The van der Waals surface area contributed by atoms with E-state index in [0.29, 0.717) is 48.9 Å². The lowest BCUT2D eigenvalue weighted by Crippen LogP contribution is -2.31. The van der Waals surface area contributed by atoms with Crippen LogP contribution in [-0.2, 0) is 14.3 Å². The van der Waals surface area contributed by atoms with Crippen LogP contribution in [-0.4, -0.2) is 55.2 Å². The number of amides is 1. The number of hydrogen-bond donors (Lipinski definition) is 1. The van der Waals surface area contributed by atoms with Crippen LogP contribution in [0.3, 0.4) is 0 Å². The third-order valence-electron chi connectivity index (χ3n) is 5.29. The summed E-state index contributed by atoms with van der Waals surface area (Å²) in [4.78, 5) is 27.1. The number of aliphatic hydroxyl groups is 1. The Morgan fingerprint density at radius 1 is 1.13 bits per heavy atom. The molecule has 0 saturated carbocycles. The van der Waals surface area contributed by atoms with Crippen molar-refractivity contribution in [1.29, 1.82) is 0 Å². The van der Waals surface area contributed by atoms with E-state index in [1.807, 2.05) is 0 Å². The fourth-order valence-corrected chi connectivity index (χ4v) is 3.83. The van der Waals surface area contributed by atoms with Crippen LogP contribution < -0.4 is 9.47 Å². The summed E-state index contributed by atoms with van der Waals surface area (Å²) in [6.07, 6.45) is 0.505. The highest BCUT2D eigenvalue weighted by atomic mass is 19.1. The molecule has 0 aliphatic carbocycles. The van der Waals surface area contributed by atoms with Gasteiger partial charge in [0.15, 0.2) is 11.5 Å². The summed E-state index contributed by atoms with van der Waals surface area (Å²) in [7, 11) is 1.55. The average molecular weight is 427 g/mol. The molecule has 2 aromatic rings. The van der Waals surface area contributed by atoms with Crippen molar-refractivity contribution >= 4 is 17.4 Å². The Hall–Kier alpha value is -3.39. The SMILES string of the molecule is COCCCN1C(=O)C(=O)C(=C(O)c2ccc3c(c2)OCCO3)C1c1ccc(F)cc1. The fourth-order valence-electron chi connectivity index (χ4n) is 3.83. The van der Waals surface area contributed by atoms with E-state index in [1.165, 1.54) is 29.2 Å². The van der Waals surface area contributed by atoms with Gasteiger partial charge in [0.25, 0.3) is 11.7 Å². The van der Waals surface area contributed by atoms with Gasteiger partial charge in [0.1, 0.15) is 24.8 Å². The number of carbonyl (C=O) groups excluding carboxylic acids is 2. The van der Waals surface area contributed by atoms with E-state index in [4.69, 9.17) is 14.2 Å². The largest absolute Gasteiger partial charge is 0.507 e. The Morgan fingerprint density at radius 3 is 2.55 bits per heavy atom. The highest BCUT2D eigenvalue weighted by molar-refractivity contribution is 6.46. The molecule has 1 N–H and O–H groups in total. The first-order valence-electron chi connectivity index (χ1n) is 9.94. The highest BCUT2D eigenvalue weighted by Gasteiger charge is 2.45. The molecule has 31 heavy (non-hydrogen) atoms. The van der Waals surface area contributed by atoms with Crippen LogP contribution in [0.5, 0.6) is 11.5 Å². The smallest absolute Gasteiger partial charge is 0.295 e. The molecule has 1 unspecified atom stereocenters. The zero-order valence-electron chi connectivity index (χ0n) is 17.0. The molecule has 2 aliphatic rings. The van der Waals surface area contributed by atoms with Gasteiger partial charge in [-0.1, -0.05) is 12.1 Å². The second-order valence-electron chi connectivity index (χ2n) is 7.25. The molecule has 0 bridgehead atoms. The van der Waals surface area contributed by atoms with Gasteiger partial charge in [-0.3, -0.25) is 9.59 Å². The maximum absolute atomic E-state index is 13.5. The zero-order chi connectivity index (χ0) is 22.0. The number of carbonyl (C=O) groups is 2. The minimum Gasteiger partial charge on any atom is -0.507 e. The zero-order valence-corrected chi connectivity index (χ0v) is 17.0. The third kappa shape index (κ3) is 3.98. The van der Waals surface area contributed by atoms with Crippen molar-refractivity contribution in [3.8, 4) is 11.5 Å². The van der Waals surface area contributed by atoms with E-state index >= 15 is 0 Å². The molecule has 7 nitrogen and oxygen atoms in total. The predicted molar refractivity (Wildman–Crippen MR) is 109 cm³/mol. The Kier molecular flexibility index (Phi) is 5.90. The van der Waals surface area contributed by atoms with Crippen molar-refractivity contribution in [2.75, 3.05) is 33.5 Å². The van der Waals surface area contributed by atoms with E-state index in [1.54, 1.807) is 25.3 Å². The van der Waals surface area contributed by atoms with Crippen molar-refractivity contribution in [1.82, 2.24) is 4.90 Å². The Bertz CT molecular complexity index is 1030. The minimum atomic E-state index is -0.842. The van der Waals surface area contributed by atoms with Gasteiger partial charge in [-0.15, -0.1) is 0 Å². The Morgan fingerprint density at radius 2 is 1.84 bits per heavy atom. The number of methoxy groups -OCH3 is 1. The Labute approximate surface area is 178 Å². The van der Waals surface area contributed by atoms with Crippen molar-refractivity contribution in [3.63, 3.8) is 0 Å². The Balaban J connectivity index is 1.79. The molecule has 162 valence electrons. The standard InChI is InChI=1S/C23H22FNO6/c1-29-10-2-9-25-20(14-3-6-16(24)7-4-14)19(22(27)23(25)28)21(26)15-5-8-17-18(13-15)31-12-11-30-17/h3-8,13,20,26H,2,9-12H2,1H3. The average Bonchev–Trinajstić information content (AvgIpc) is 3.04. The predicted octanol–water partition coefficient (Wildman–Crippen LogP) is 3.06. The first-order valence-corrected chi connectivity index (χ1v) is 9.94. The fraction of sp³-hybridized carbons (Fsp3) is 0.304. The van der Waals surface area contributed by atoms with Gasteiger partial charge < -0.3 is 24.2 Å². The summed E-state index contributed by atoms with van der Waals surface area (Å²) in [5.74, 6) is -1.28. The number of rotatable bonds is 6. The van der Waals surface area contributed by atoms with Gasteiger partial charge in [0.2, 0.25) is 0 Å². The van der Waals surface area contributed by atoms with Crippen molar-refractivity contribution in [2.45, 2.75) is 12.5 Å². The summed E-state index contributed by atoms with van der Waals surface area (Å²) < 4.78 is 29.6. The third-order valence-corrected chi connectivity index (χ3v) is 5.29. The van der Waals surface area contributed by atoms with E-state index in [0.717, 1.165) is 0 Å². The van der Waals surface area contributed by atoms with Gasteiger partial charge in [0, 0.05) is 25.8 Å². The second-order valence-corrected chi connectivity index (χ2v) is 7.25. The molecule has 0 spiro atoms. The summed E-state index contributed by atoms with van der Waals surface area (Å²) in [5, 5.41) is 11.1. The highest BCUT2D eigenvalue weighted by Crippen LogP contribution is 2.41. The molecule has 1 fully saturated rings. The lowest BCUT2D eigenvalue weighted by molar-refractivity contribution is -0.140. The summed E-state index contributed by atoms with van der Waals surface area (Å²) in [5.41, 5.74) is 0.800. The lowest BCUT2D eigenvalue weighted by atomic mass is 9.95. The van der Waals surface area contributed by atoms with Crippen LogP contribution >= 0.6 is 0 Å². The number of Topliss-reactive ketones (excluding diaryl/α,β-unsaturated/α-hetero) is 1. The number of likely N-dealkylation sites (tertiary alicyclic amines) is 1. The maximum atomic E-state index is 13.5.